The fraction of sp³-hybridized carbons (Fsp3) is 0.467. The minimum Gasteiger partial charge on any atom is -0.495 e. The molecular formula is C15H19BrN2O5. The highest BCUT2D eigenvalue weighted by Crippen LogP contribution is 2.36. The Morgan fingerprint density at radius 2 is 2.00 bits per heavy atom. The van der Waals surface area contributed by atoms with Crippen LogP contribution in [0.1, 0.15) is 12.8 Å². The van der Waals surface area contributed by atoms with Gasteiger partial charge in [0.1, 0.15) is 11.5 Å². The summed E-state index contributed by atoms with van der Waals surface area (Å²) >= 11 is 3.36. The average Bonchev–Trinajstić information content (AvgIpc) is 2.55. The Hall–Kier alpha value is -1.96. The Balaban J connectivity index is 2.13. The Morgan fingerprint density at radius 3 is 2.61 bits per heavy atom. The van der Waals surface area contributed by atoms with Gasteiger partial charge in [-0.25, -0.2) is 4.79 Å². The van der Waals surface area contributed by atoms with E-state index in [0.717, 1.165) is 0 Å². The number of piperidine rings is 1. The lowest BCUT2D eigenvalue weighted by Gasteiger charge is -2.30. The van der Waals surface area contributed by atoms with Crippen LogP contribution in [-0.4, -0.2) is 49.3 Å². The van der Waals surface area contributed by atoms with Gasteiger partial charge in [0.25, 0.3) is 0 Å². The van der Waals surface area contributed by atoms with Crippen molar-refractivity contribution in [2.24, 2.45) is 5.92 Å². The highest BCUT2D eigenvalue weighted by Gasteiger charge is 2.28. The first-order chi connectivity index (χ1) is 11.0. The Kier molecular flexibility index (Phi) is 5.70. The minimum absolute atomic E-state index is 0.209. The maximum atomic E-state index is 12.4. The third-order valence-electron chi connectivity index (χ3n) is 3.77. The largest absolute Gasteiger partial charge is 0.495 e. The molecule has 0 bridgehead atoms. The molecule has 23 heavy (non-hydrogen) atoms. The first kappa shape index (κ1) is 17.4. The molecular weight excluding hydrogens is 368 g/mol. The number of urea groups is 1. The van der Waals surface area contributed by atoms with Gasteiger partial charge in [-0.1, -0.05) is 0 Å². The summed E-state index contributed by atoms with van der Waals surface area (Å²) in [6.45, 7) is 0.746. The smallest absolute Gasteiger partial charge is 0.321 e. The van der Waals surface area contributed by atoms with Gasteiger partial charge in [0.05, 0.1) is 30.3 Å². The first-order valence-corrected chi connectivity index (χ1v) is 7.95. The number of carbonyl (C=O) groups is 2. The molecule has 7 nitrogen and oxygen atoms in total. The molecule has 1 aliphatic heterocycles. The zero-order valence-electron chi connectivity index (χ0n) is 13.0. The molecule has 8 heteroatoms. The van der Waals surface area contributed by atoms with Gasteiger partial charge < -0.3 is 24.8 Å². The molecule has 2 N–H and O–H groups in total. The molecule has 2 rings (SSSR count). The number of hydrogen-bond donors (Lipinski definition) is 2. The summed E-state index contributed by atoms with van der Waals surface area (Å²) in [6.07, 6.45) is 1.27. The second-order valence-electron chi connectivity index (χ2n) is 5.24. The van der Waals surface area contributed by atoms with Crippen LogP contribution in [-0.2, 0) is 4.79 Å². The van der Waals surface area contributed by atoms with Gasteiger partial charge in [-0.2, -0.15) is 0 Å². The average molecular weight is 387 g/mol. The molecule has 1 aromatic rings. The molecule has 1 fully saturated rings. The van der Waals surface area contributed by atoms with Crippen LogP contribution >= 0.6 is 15.9 Å². The number of likely N-dealkylation sites (tertiary alicyclic amines) is 1. The van der Waals surface area contributed by atoms with Crippen LogP contribution in [0.25, 0.3) is 0 Å². The van der Waals surface area contributed by atoms with Crippen molar-refractivity contribution in [1.82, 2.24) is 4.90 Å². The number of methoxy groups -OCH3 is 2. The van der Waals surface area contributed by atoms with Crippen molar-refractivity contribution >= 4 is 33.6 Å². The molecule has 1 unspecified atom stereocenters. The van der Waals surface area contributed by atoms with Crippen LogP contribution in [0.5, 0.6) is 11.5 Å². The van der Waals surface area contributed by atoms with E-state index in [-0.39, 0.29) is 12.6 Å². The predicted octanol–water partition coefficient (Wildman–Crippen LogP) is 2.79. The zero-order valence-corrected chi connectivity index (χ0v) is 14.6. The topological polar surface area (TPSA) is 88.1 Å². The van der Waals surface area contributed by atoms with E-state index < -0.39 is 11.9 Å². The lowest BCUT2D eigenvalue weighted by Crippen LogP contribution is -2.44. The number of nitrogens with one attached hydrogen (secondary N) is 1. The Bertz CT molecular complexity index is 608. The second-order valence-corrected chi connectivity index (χ2v) is 6.09. The van der Waals surface area contributed by atoms with Gasteiger partial charge in [-0.05, 0) is 34.8 Å². The molecule has 0 aromatic heterocycles. The summed E-state index contributed by atoms with van der Waals surface area (Å²) < 4.78 is 11.1. The van der Waals surface area contributed by atoms with Crippen molar-refractivity contribution in [2.45, 2.75) is 12.8 Å². The van der Waals surface area contributed by atoms with E-state index in [0.29, 0.717) is 41.0 Å². The summed E-state index contributed by atoms with van der Waals surface area (Å²) in [5.41, 5.74) is 0.489. The van der Waals surface area contributed by atoms with Crippen LogP contribution in [0.15, 0.2) is 16.6 Å². The number of aliphatic carboxylic acids is 1. The van der Waals surface area contributed by atoms with E-state index in [2.05, 4.69) is 21.2 Å². The number of carbonyl (C=O) groups excluding carboxylic acids is 1. The summed E-state index contributed by atoms with van der Waals surface area (Å²) in [4.78, 5) is 25.0. The van der Waals surface area contributed by atoms with E-state index in [9.17, 15) is 9.59 Å². The molecule has 0 saturated carbocycles. The lowest BCUT2D eigenvalue weighted by atomic mass is 9.99. The minimum atomic E-state index is -0.868. The first-order valence-electron chi connectivity index (χ1n) is 7.16. The molecule has 1 saturated heterocycles. The van der Waals surface area contributed by atoms with Crippen molar-refractivity contribution in [3.05, 3.63) is 16.6 Å². The molecule has 0 aliphatic carbocycles. The summed E-state index contributed by atoms with van der Waals surface area (Å²) in [6, 6.07) is 3.01. The number of halogens is 1. The zero-order chi connectivity index (χ0) is 17.0. The van der Waals surface area contributed by atoms with Crippen molar-refractivity contribution in [3.63, 3.8) is 0 Å². The Labute approximate surface area is 142 Å². The number of amides is 2. The van der Waals surface area contributed by atoms with Crippen LogP contribution in [0.3, 0.4) is 0 Å². The molecule has 1 heterocycles. The molecule has 126 valence electrons. The molecule has 0 radical (unpaired) electrons. The Morgan fingerprint density at radius 1 is 1.30 bits per heavy atom. The van der Waals surface area contributed by atoms with Gasteiger partial charge in [-0.3, -0.25) is 4.79 Å². The summed E-state index contributed by atoms with van der Waals surface area (Å²) in [7, 11) is 3.04. The number of anilines is 1. The van der Waals surface area contributed by atoms with Crippen molar-refractivity contribution in [3.8, 4) is 11.5 Å². The van der Waals surface area contributed by atoms with Crippen LogP contribution < -0.4 is 14.8 Å². The number of hydrogen-bond acceptors (Lipinski definition) is 4. The standard InChI is InChI=1S/C15H19BrN2O5/c1-22-12-7-13(23-2)11(6-10(12)16)17-15(21)18-5-3-4-9(8-18)14(19)20/h6-7,9H,3-5,8H2,1-2H3,(H,17,21)(H,19,20). The molecule has 2 amide bonds. The molecule has 1 aromatic carbocycles. The van der Waals surface area contributed by atoms with Crippen molar-refractivity contribution in [2.75, 3.05) is 32.6 Å². The fourth-order valence-corrected chi connectivity index (χ4v) is 3.02. The molecule has 0 spiro atoms. The van der Waals surface area contributed by atoms with Gasteiger partial charge in [-0.15, -0.1) is 0 Å². The van der Waals surface area contributed by atoms with Gasteiger partial charge in [0.15, 0.2) is 0 Å². The maximum Gasteiger partial charge on any atom is 0.321 e. The van der Waals surface area contributed by atoms with E-state index >= 15 is 0 Å². The fourth-order valence-electron chi connectivity index (χ4n) is 2.52. The molecule has 1 atom stereocenters. The highest BCUT2D eigenvalue weighted by molar-refractivity contribution is 9.10. The summed E-state index contributed by atoms with van der Waals surface area (Å²) in [5.74, 6) is -0.333. The number of benzene rings is 1. The van der Waals surface area contributed by atoms with E-state index in [1.165, 1.54) is 19.1 Å². The number of nitrogens with zero attached hydrogens (tertiary/aromatic N) is 1. The van der Waals surface area contributed by atoms with Crippen LogP contribution in [0.2, 0.25) is 0 Å². The third-order valence-corrected chi connectivity index (χ3v) is 4.39. The monoisotopic (exact) mass is 386 g/mol. The number of carboxylic acids is 1. The third kappa shape index (κ3) is 4.07. The molecule has 1 aliphatic rings. The predicted molar refractivity (Wildman–Crippen MR) is 88.2 cm³/mol. The number of rotatable bonds is 4. The van der Waals surface area contributed by atoms with Crippen LogP contribution in [0.4, 0.5) is 10.5 Å². The normalized spacial score (nSPS) is 17.5. The van der Waals surface area contributed by atoms with E-state index in [1.807, 2.05) is 0 Å². The second kappa shape index (κ2) is 7.54. The highest BCUT2D eigenvalue weighted by atomic mass is 79.9. The lowest BCUT2D eigenvalue weighted by molar-refractivity contribution is -0.143. The van der Waals surface area contributed by atoms with Gasteiger partial charge in [0, 0.05) is 19.2 Å². The van der Waals surface area contributed by atoms with Crippen molar-refractivity contribution in [1.29, 1.82) is 0 Å². The SMILES string of the molecule is COc1cc(OC)c(NC(=O)N2CCCC(C(=O)O)C2)cc1Br. The van der Waals surface area contributed by atoms with Gasteiger partial charge in [0.2, 0.25) is 0 Å². The van der Waals surface area contributed by atoms with Gasteiger partial charge >= 0.3 is 12.0 Å². The van der Waals surface area contributed by atoms with Crippen molar-refractivity contribution < 1.29 is 24.2 Å². The number of ether oxygens (including phenoxy) is 2. The van der Waals surface area contributed by atoms with E-state index in [1.54, 1.807) is 12.1 Å². The maximum absolute atomic E-state index is 12.4. The number of carboxylic acid groups (broad SMARTS) is 1. The van der Waals surface area contributed by atoms with E-state index in [4.69, 9.17) is 14.6 Å². The quantitative estimate of drug-likeness (QED) is 0.830. The summed E-state index contributed by atoms with van der Waals surface area (Å²) in [5, 5.41) is 11.9. The van der Waals surface area contributed by atoms with Crippen LogP contribution in [0, 0.1) is 5.92 Å².